The fraction of sp³-hybridized carbons (Fsp3) is 0.192. The Kier molecular flexibility index (Phi) is 7.65. The molecule has 0 aliphatic carbocycles. The number of benzene rings is 2. The Morgan fingerprint density at radius 3 is 2.47 bits per heavy atom. The quantitative estimate of drug-likeness (QED) is 0.366. The number of hydrogen-bond donors (Lipinski definition) is 1. The number of aromatic nitrogens is 1. The van der Waals surface area contributed by atoms with E-state index < -0.39 is 23.7 Å². The Morgan fingerprint density at radius 1 is 1.11 bits per heavy atom. The van der Waals surface area contributed by atoms with E-state index in [2.05, 4.69) is 10.3 Å². The van der Waals surface area contributed by atoms with Gasteiger partial charge in [-0.15, -0.1) is 0 Å². The van der Waals surface area contributed by atoms with Crippen molar-refractivity contribution in [3.63, 3.8) is 0 Å². The summed E-state index contributed by atoms with van der Waals surface area (Å²) in [5, 5.41) is 2.92. The molecule has 2 aromatic carbocycles. The molecule has 1 fully saturated rings. The molecular weight excluding hydrogens is 483 g/mol. The van der Waals surface area contributed by atoms with Gasteiger partial charge in [-0.1, -0.05) is 6.07 Å². The molecule has 1 atom stereocenters. The second-order valence-electron chi connectivity index (χ2n) is 7.99. The lowest BCUT2D eigenvalue weighted by molar-refractivity contribution is -0.124. The minimum Gasteiger partial charge on any atom is -0.462 e. The van der Waals surface area contributed by atoms with Crippen LogP contribution in [0.3, 0.4) is 0 Å². The van der Waals surface area contributed by atoms with Crippen LogP contribution in [0.5, 0.6) is 0 Å². The minimum absolute atomic E-state index is 0.173. The summed E-state index contributed by atoms with van der Waals surface area (Å²) < 4.78 is 18.2. The summed E-state index contributed by atoms with van der Waals surface area (Å²) in [5.41, 5.74) is 2.05. The highest BCUT2D eigenvalue weighted by molar-refractivity contribution is 7.80. The Balaban J connectivity index is 1.58. The molecule has 0 unspecified atom stereocenters. The van der Waals surface area contributed by atoms with E-state index in [1.54, 1.807) is 54.5 Å². The zero-order valence-corrected chi connectivity index (χ0v) is 20.2. The molecule has 0 bridgehead atoms. The summed E-state index contributed by atoms with van der Waals surface area (Å²) >= 11 is 5.67. The maximum absolute atomic E-state index is 13.5. The molecule has 3 aromatic rings. The number of anilines is 2. The second kappa shape index (κ2) is 11.0. The number of pyridine rings is 1. The Morgan fingerprint density at radius 2 is 1.83 bits per heavy atom. The first-order chi connectivity index (χ1) is 17.4. The maximum atomic E-state index is 13.5. The first kappa shape index (κ1) is 24.9. The van der Waals surface area contributed by atoms with Crippen LogP contribution in [0.15, 0.2) is 73.1 Å². The smallest absolute Gasteiger partial charge is 0.338 e. The van der Waals surface area contributed by atoms with Gasteiger partial charge in [0, 0.05) is 24.6 Å². The molecule has 10 heteroatoms. The molecule has 8 nitrogen and oxygen atoms in total. The van der Waals surface area contributed by atoms with Crippen LogP contribution in [0.1, 0.15) is 29.3 Å². The number of amides is 2. The molecule has 4 rings (SSSR count). The van der Waals surface area contributed by atoms with Crippen molar-refractivity contribution in [2.75, 3.05) is 16.8 Å². The lowest BCUT2D eigenvalue weighted by Crippen LogP contribution is -2.37. The summed E-state index contributed by atoms with van der Waals surface area (Å²) in [6, 6.07) is 14.5. The lowest BCUT2D eigenvalue weighted by atomic mass is 10.1. The van der Waals surface area contributed by atoms with Crippen molar-refractivity contribution in [2.24, 2.45) is 0 Å². The highest BCUT2D eigenvalue weighted by atomic mass is 32.1. The first-order valence-corrected chi connectivity index (χ1v) is 11.6. The predicted molar refractivity (Wildman–Crippen MR) is 136 cm³/mol. The van der Waals surface area contributed by atoms with Gasteiger partial charge in [0.1, 0.15) is 11.9 Å². The van der Waals surface area contributed by atoms with E-state index in [0.29, 0.717) is 16.9 Å². The normalized spacial score (nSPS) is 15.2. The van der Waals surface area contributed by atoms with E-state index in [-0.39, 0.29) is 30.6 Å². The average Bonchev–Trinajstić information content (AvgIpc) is 3.10. The number of ether oxygens (including phenoxy) is 1. The number of carbonyl (C=O) groups is 3. The van der Waals surface area contributed by atoms with Gasteiger partial charge in [0.2, 0.25) is 5.91 Å². The van der Waals surface area contributed by atoms with Crippen LogP contribution in [0.25, 0.3) is 0 Å². The van der Waals surface area contributed by atoms with Crippen molar-refractivity contribution in [1.29, 1.82) is 0 Å². The SMILES string of the molecule is CCOC(=O)c1ccc(N2C(=O)[C@@H](CC(=O)Nc3ccc(F)cc3)N(Cc3cccnc3)C2=S)cc1. The van der Waals surface area contributed by atoms with E-state index in [9.17, 15) is 18.8 Å². The Labute approximate surface area is 212 Å². The molecule has 2 heterocycles. The molecule has 1 aliphatic rings. The molecule has 0 spiro atoms. The third kappa shape index (κ3) is 5.55. The zero-order valence-electron chi connectivity index (χ0n) is 19.4. The van der Waals surface area contributed by atoms with Crippen molar-refractivity contribution < 1.29 is 23.5 Å². The number of nitrogens with zero attached hydrogens (tertiary/aromatic N) is 3. The topological polar surface area (TPSA) is 91.8 Å². The van der Waals surface area contributed by atoms with Gasteiger partial charge in [-0.25, -0.2) is 9.18 Å². The molecule has 184 valence electrons. The van der Waals surface area contributed by atoms with E-state index >= 15 is 0 Å². The minimum atomic E-state index is -0.872. The number of halogens is 1. The summed E-state index contributed by atoms with van der Waals surface area (Å²) in [6.45, 7) is 2.24. The van der Waals surface area contributed by atoms with Gasteiger partial charge < -0.3 is 15.0 Å². The lowest BCUT2D eigenvalue weighted by Gasteiger charge is -2.24. The number of esters is 1. The highest BCUT2D eigenvalue weighted by Crippen LogP contribution is 2.29. The number of thiocarbonyl (C=S) groups is 1. The maximum Gasteiger partial charge on any atom is 0.338 e. The summed E-state index contributed by atoms with van der Waals surface area (Å²) in [5.74, 6) is -1.68. The van der Waals surface area contributed by atoms with Crippen LogP contribution in [-0.2, 0) is 20.9 Å². The van der Waals surface area contributed by atoms with Crippen LogP contribution < -0.4 is 10.2 Å². The van der Waals surface area contributed by atoms with E-state index in [0.717, 1.165) is 5.56 Å². The monoisotopic (exact) mass is 506 g/mol. The summed E-state index contributed by atoms with van der Waals surface area (Å²) in [4.78, 5) is 45.5. The predicted octanol–water partition coefficient (Wildman–Crippen LogP) is 3.93. The summed E-state index contributed by atoms with van der Waals surface area (Å²) in [6.07, 6.45) is 3.13. The largest absolute Gasteiger partial charge is 0.462 e. The zero-order chi connectivity index (χ0) is 25.7. The van der Waals surface area contributed by atoms with Crippen molar-refractivity contribution in [3.05, 3.63) is 90.0 Å². The average molecular weight is 507 g/mol. The Bertz CT molecular complexity index is 1270. The molecule has 1 N–H and O–H groups in total. The standard InChI is InChI=1S/C26H23FN4O4S/c1-2-35-25(34)18-5-11-21(12-6-18)31-24(33)22(14-23(32)29-20-9-7-19(27)8-10-20)30(26(31)36)16-17-4-3-13-28-15-17/h3-13,15,22H,2,14,16H2,1H3,(H,29,32)/t22-/m1/s1. The van der Waals surface area contributed by atoms with Crippen LogP contribution in [0.4, 0.5) is 15.8 Å². The van der Waals surface area contributed by atoms with Crippen molar-refractivity contribution in [2.45, 2.75) is 25.9 Å². The fourth-order valence-electron chi connectivity index (χ4n) is 3.82. The number of carbonyl (C=O) groups excluding carboxylic acids is 3. The molecular formula is C26H23FN4O4S. The van der Waals surface area contributed by atoms with Crippen molar-refractivity contribution >= 4 is 46.5 Å². The van der Waals surface area contributed by atoms with Crippen LogP contribution >= 0.6 is 12.2 Å². The van der Waals surface area contributed by atoms with Gasteiger partial charge >= 0.3 is 5.97 Å². The van der Waals surface area contributed by atoms with Crippen LogP contribution in [0, 0.1) is 5.82 Å². The number of hydrogen-bond acceptors (Lipinski definition) is 6. The van der Waals surface area contributed by atoms with Crippen molar-refractivity contribution in [3.8, 4) is 0 Å². The molecule has 1 aromatic heterocycles. The summed E-state index contributed by atoms with van der Waals surface area (Å²) in [7, 11) is 0. The number of rotatable bonds is 8. The highest BCUT2D eigenvalue weighted by Gasteiger charge is 2.44. The van der Waals surface area contributed by atoms with Gasteiger partial charge in [0.15, 0.2) is 5.11 Å². The van der Waals surface area contributed by atoms with E-state index in [1.807, 2.05) is 6.07 Å². The van der Waals surface area contributed by atoms with Crippen LogP contribution in [0.2, 0.25) is 0 Å². The molecule has 1 aliphatic heterocycles. The number of nitrogens with one attached hydrogen (secondary N) is 1. The van der Waals surface area contributed by atoms with Gasteiger partial charge in [0.25, 0.3) is 5.91 Å². The van der Waals surface area contributed by atoms with Gasteiger partial charge in [-0.05, 0) is 79.3 Å². The van der Waals surface area contributed by atoms with Crippen molar-refractivity contribution in [1.82, 2.24) is 9.88 Å². The second-order valence-corrected chi connectivity index (χ2v) is 8.35. The van der Waals surface area contributed by atoms with Gasteiger partial charge in [0.05, 0.1) is 24.3 Å². The van der Waals surface area contributed by atoms with E-state index in [1.165, 1.54) is 29.2 Å². The molecule has 0 saturated carbocycles. The van der Waals surface area contributed by atoms with Crippen LogP contribution in [-0.4, -0.2) is 45.4 Å². The molecule has 0 radical (unpaired) electrons. The van der Waals surface area contributed by atoms with E-state index in [4.69, 9.17) is 17.0 Å². The first-order valence-electron chi connectivity index (χ1n) is 11.2. The third-order valence-corrected chi connectivity index (χ3v) is 5.95. The molecule has 2 amide bonds. The van der Waals surface area contributed by atoms with Gasteiger partial charge in [-0.3, -0.25) is 19.5 Å². The Hall–Kier alpha value is -4.18. The molecule has 36 heavy (non-hydrogen) atoms. The fourth-order valence-corrected chi connectivity index (χ4v) is 4.21. The third-order valence-electron chi connectivity index (χ3n) is 5.54. The molecule has 1 saturated heterocycles. The van der Waals surface area contributed by atoms with Gasteiger partial charge in [-0.2, -0.15) is 0 Å².